The predicted octanol–water partition coefficient (Wildman–Crippen LogP) is 2.18. The lowest BCUT2D eigenvalue weighted by Crippen LogP contribution is -2.23. The highest BCUT2D eigenvalue weighted by atomic mass is 127. The van der Waals surface area contributed by atoms with Crippen LogP contribution in [0.3, 0.4) is 0 Å². The number of carbonyl (C=O) groups excluding carboxylic acids is 1. The Morgan fingerprint density at radius 2 is 2.12 bits per heavy atom. The molecule has 0 bridgehead atoms. The molecule has 0 spiro atoms. The van der Waals surface area contributed by atoms with Crippen molar-refractivity contribution < 1.29 is 4.79 Å². The molecule has 0 aliphatic rings. The number of carbonyl (C=O) groups is 1. The molecule has 1 atom stereocenters. The van der Waals surface area contributed by atoms with Gasteiger partial charge in [0.25, 0.3) is 0 Å². The second-order valence-corrected chi connectivity index (χ2v) is 4.49. The van der Waals surface area contributed by atoms with E-state index in [2.05, 4.69) is 22.6 Å². The molecule has 0 fully saturated rings. The lowest BCUT2D eigenvalue weighted by atomic mass is 10.1. The monoisotopic (exact) mass is 226 g/mol. The van der Waals surface area contributed by atoms with Gasteiger partial charge in [0.1, 0.15) is 5.78 Å². The Bertz CT molecular complexity index is 96.7. The number of ketones is 1. The number of hydrogen-bond acceptors (Lipinski definition) is 1. The summed E-state index contributed by atoms with van der Waals surface area (Å²) in [4.78, 5) is 10.7. The largest absolute Gasteiger partial charge is 0.299 e. The van der Waals surface area contributed by atoms with Crippen molar-refractivity contribution in [3.05, 3.63) is 0 Å². The van der Waals surface area contributed by atoms with Crippen LogP contribution in [0, 0.1) is 0 Å². The van der Waals surface area contributed by atoms with Crippen LogP contribution in [-0.4, -0.2) is 9.20 Å². The molecule has 0 aliphatic heterocycles. The molecule has 0 amide bonds. The van der Waals surface area contributed by atoms with Crippen LogP contribution in [0.1, 0.15) is 27.2 Å². The molecule has 48 valence electrons. The van der Waals surface area contributed by atoms with Gasteiger partial charge in [0.2, 0.25) is 0 Å². The average Bonchev–Trinajstić information content (AvgIpc) is 1.67. The summed E-state index contributed by atoms with van der Waals surface area (Å²) < 4.78 is -0.127. The molecule has 0 heterocycles. The van der Waals surface area contributed by atoms with Crippen molar-refractivity contribution in [1.82, 2.24) is 0 Å². The zero-order chi connectivity index (χ0) is 6.78. The van der Waals surface area contributed by atoms with Crippen molar-refractivity contribution in [2.45, 2.75) is 30.6 Å². The fourth-order valence-electron chi connectivity index (χ4n) is 0.249. The van der Waals surface area contributed by atoms with E-state index >= 15 is 0 Å². The van der Waals surface area contributed by atoms with Crippen LogP contribution in [0.25, 0.3) is 0 Å². The lowest BCUT2D eigenvalue weighted by Gasteiger charge is -2.14. The topological polar surface area (TPSA) is 17.1 Å². The predicted molar refractivity (Wildman–Crippen MR) is 43.4 cm³/mol. The van der Waals surface area contributed by atoms with E-state index in [0.29, 0.717) is 0 Å². The molecule has 2 heteroatoms. The summed E-state index contributed by atoms with van der Waals surface area (Å²) >= 11 is 2.18. The van der Waals surface area contributed by atoms with E-state index in [1.165, 1.54) is 0 Å². The molecule has 8 heavy (non-hydrogen) atoms. The van der Waals surface area contributed by atoms with Crippen molar-refractivity contribution in [3.63, 3.8) is 0 Å². The molecular weight excluding hydrogens is 215 g/mol. The molecule has 0 radical (unpaired) electrons. The van der Waals surface area contributed by atoms with Crippen molar-refractivity contribution in [1.29, 1.82) is 0 Å². The summed E-state index contributed by atoms with van der Waals surface area (Å²) in [5.41, 5.74) is 0. The zero-order valence-electron chi connectivity index (χ0n) is 5.49. The van der Waals surface area contributed by atoms with Gasteiger partial charge in [-0.15, -0.1) is 0 Å². The van der Waals surface area contributed by atoms with Gasteiger partial charge in [0, 0.05) is 0 Å². The van der Waals surface area contributed by atoms with Crippen LogP contribution in [0.2, 0.25) is 0 Å². The van der Waals surface area contributed by atoms with Crippen molar-refractivity contribution in [3.8, 4) is 0 Å². The fraction of sp³-hybridized carbons (Fsp3) is 0.833. The Hall–Kier alpha value is 0.400. The Morgan fingerprint density at radius 3 is 2.12 bits per heavy atom. The first-order valence-corrected chi connectivity index (χ1v) is 3.78. The Balaban J connectivity index is 3.91. The van der Waals surface area contributed by atoms with Gasteiger partial charge >= 0.3 is 0 Å². The van der Waals surface area contributed by atoms with E-state index in [1.807, 2.05) is 13.8 Å². The lowest BCUT2D eigenvalue weighted by molar-refractivity contribution is -0.118. The molecule has 0 aliphatic carbocycles. The maximum atomic E-state index is 10.7. The summed E-state index contributed by atoms with van der Waals surface area (Å²) in [7, 11) is 0. The molecule has 0 rings (SSSR count). The third-order valence-corrected chi connectivity index (χ3v) is 2.92. The van der Waals surface area contributed by atoms with E-state index in [1.54, 1.807) is 6.92 Å². The minimum atomic E-state index is -0.127. The maximum absolute atomic E-state index is 10.7. The number of hydrogen-bond donors (Lipinski definition) is 0. The third kappa shape index (κ3) is 2.11. The van der Waals surface area contributed by atoms with E-state index < -0.39 is 0 Å². The fourth-order valence-corrected chi connectivity index (χ4v) is 0.249. The van der Waals surface area contributed by atoms with Gasteiger partial charge in [0.15, 0.2) is 0 Å². The first-order chi connectivity index (χ1) is 3.50. The zero-order valence-corrected chi connectivity index (χ0v) is 7.65. The summed E-state index contributed by atoms with van der Waals surface area (Å²) in [5, 5.41) is 0. The Kier molecular flexibility index (Phi) is 2.94. The molecule has 1 unspecified atom stereocenters. The number of rotatable bonds is 2. The normalized spacial score (nSPS) is 17.5. The van der Waals surface area contributed by atoms with Gasteiger partial charge in [-0.25, -0.2) is 0 Å². The second-order valence-electron chi connectivity index (χ2n) is 2.11. The van der Waals surface area contributed by atoms with Gasteiger partial charge < -0.3 is 0 Å². The second kappa shape index (κ2) is 2.80. The van der Waals surface area contributed by atoms with E-state index in [9.17, 15) is 4.79 Å². The first kappa shape index (κ1) is 8.40. The molecule has 0 N–H and O–H groups in total. The number of alkyl halides is 1. The van der Waals surface area contributed by atoms with E-state index in [0.717, 1.165) is 6.42 Å². The molecule has 0 aromatic rings. The van der Waals surface area contributed by atoms with Gasteiger partial charge in [0.05, 0.1) is 3.42 Å². The maximum Gasteiger partial charge on any atom is 0.145 e. The molecule has 0 aromatic carbocycles. The first-order valence-electron chi connectivity index (χ1n) is 2.70. The highest BCUT2D eigenvalue weighted by molar-refractivity contribution is 14.1. The highest BCUT2D eigenvalue weighted by Gasteiger charge is 2.22. The van der Waals surface area contributed by atoms with E-state index in [-0.39, 0.29) is 9.20 Å². The van der Waals surface area contributed by atoms with E-state index in [4.69, 9.17) is 0 Å². The Labute approximate surface area is 64.0 Å². The standard InChI is InChI=1S/C6H11IO/c1-4-6(3,7)5(2)8/h4H2,1-3H3. The number of Topliss-reactive ketones (excluding diaryl/α,β-unsaturated/α-hetero) is 1. The molecule has 0 aromatic heterocycles. The van der Waals surface area contributed by atoms with Crippen LogP contribution < -0.4 is 0 Å². The van der Waals surface area contributed by atoms with Crippen molar-refractivity contribution in [2.24, 2.45) is 0 Å². The summed E-state index contributed by atoms with van der Waals surface area (Å²) in [6.45, 7) is 5.61. The van der Waals surface area contributed by atoms with Crippen LogP contribution in [-0.2, 0) is 4.79 Å². The van der Waals surface area contributed by atoms with Crippen LogP contribution >= 0.6 is 22.6 Å². The van der Waals surface area contributed by atoms with Crippen LogP contribution in [0.15, 0.2) is 0 Å². The van der Waals surface area contributed by atoms with Gasteiger partial charge in [-0.05, 0) is 20.3 Å². The van der Waals surface area contributed by atoms with Crippen LogP contribution in [0.4, 0.5) is 0 Å². The molecule has 0 saturated carbocycles. The minimum Gasteiger partial charge on any atom is -0.299 e. The quantitative estimate of drug-likeness (QED) is 0.521. The van der Waals surface area contributed by atoms with Gasteiger partial charge in [-0.3, -0.25) is 4.79 Å². The molecule has 0 saturated heterocycles. The highest BCUT2D eigenvalue weighted by Crippen LogP contribution is 2.22. The summed E-state index contributed by atoms with van der Waals surface area (Å²) in [6, 6.07) is 0. The smallest absolute Gasteiger partial charge is 0.145 e. The summed E-state index contributed by atoms with van der Waals surface area (Å²) in [5.74, 6) is 0.264. The minimum absolute atomic E-state index is 0.127. The van der Waals surface area contributed by atoms with Crippen LogP contribution in [0.5, 0.6) is 0 Å². The summed E-state index contributed by atoms with van der Waals surface area (Å²) in [6.07, 6.45) is 0.920. The van der Waals surface area contributed by atoms with Gasteiger partial charge in [-0.2, -0.15) is 0 Å². The van der Waals surface area contributed by atoms with Crippen molar-refractivity contribution >= 4 is 28.4 Å². The average molecular weight is 226 g/mol. The SMILES string of the molecule is CCC(C)(I)C(C)=O. The molecule has 1 nitrogen and oxygen atoms in total. The van der Waals surface area contributed by atoms with Gasteiger partial charge in [-0.1, -0.05) is 29.5 Å². The number of halogens is 1. The molecular formula is C6H11IO. The third-order valence-electron chi connectivity index (χ3n) is 1.40. The van der Waals surface area contributed by atoms with Crippen molar-refractivity contribution in [2.75, 3.05) is 0 Å². The Morgan fingerprint density at radius 1 is 1.75 bits per heavy atom.